The van der Waals surface area contributed by atoms with Gasteiger partial charge in [0.25, 0.3) is 0 Å². The molecule has 18 heavy (non-hydrogen) atoms. The third-order valence-electron chi connectivity index (χ3n) is 2.76. The second-order valence-corrected chi connectivity index (χ2v) is 6.26. The molecule has 1 heterocycles. The van der Waals surface area contributed by atoms with Gasteiger partial charge in [-0.3, -0.25) is 9.89 Å². The van der Waals surface area contributed by atoms with Gasteiger partial charge >= 0.3 is 0 Å². The molecule has 0 aliphatic carbocycles. The SMILES string of the molecule is CC(CC(=O)N(C)Cc1ncn[nH]1)CC(C)(C)C. The highest BCUT2D eigenvalue weighted by Crippen LogP contribution is 2.26. The number of rotatable bonds is 5. The molecule has 1 unspecified atom stereocenters. The van der Waals surface area contributed by atoms with E-state index in [-0.39, 0.29) is 11.3 Å². The molecule has 1 aromatic rings. The van der Waals surface area contributed by atoms with Crippen LogP contribution in [-0.4, -0.2) is 33.0 Å². The van der Waals surface area contributed by atoms with Crippen LogP contribution in [0.3, 0.4) is 0 Å². The molecule has 5 heteroatoms. The van der Waals surface area contributed by atoms with Crippen molar-refractivity contribution in [1.29, 1.82) is 0 Å². The Kier molecular flexibility index (Phi) is 4.87. The molecule has 0 aromatic carbocycles. The number of carbonyl (C=O) groups excluding carboxylic acids is 1. The summed E-state index contributed by atoms with van der Waals surface area (Å²) in [5, 5.41) is 6.53. The number of aromatic amines is 1. The monoisotopic (exact) mass is 252 g/mol. The Morgan fingerprint density at radius 3 is 2.67 bits per heavy atom. The third kappa shape index (κ3) is 5.29. The van der Waals surface area contributed by atoms with Crippen molar-refractivity contribution in [2.24, 2.45) is 11.3 Å². The van der Waals surface area contributed by atoms with Crippen molar-refractivity contribution in [3.63, 3.8) is 0 Å². The summed E-state index contributed by atoms with van der Waals surface area (Å²) in [6, 6.07) is 0. The number of carbonyl (C=O) groups is 1. The van der Waals surface area contributed by atoms with Crippen LogP contribution < -0.4 is 0 Å². The van der Waals surface area contributed by atoms with Gasteiger partial charge in [-0.25, -0.2) is 4.98 Å². The van der Waals surface area contributed by atoms with Crippen LogP contribution in [-0.2, 0) is 11.3 Å². The molecular weight excluding hydrogens is 228 g/mol. The largest absolute Gasteiger partial charge is 0.338 e. The van der Waals surface area contributed by atoms with E-state index >= 15 is 0 Å². The Morgan fingerprint density at radius 1 is 1.50 bits per heavy atom. The van der Waals surface area contributed by atoms with Crippen LogP contribution in [0.15, 0.2) is 6.33 Å². The fourth-order valence-electron chi connectivity index (χ4n) is 2.19. The number of H-pyrrole nitrogens is 1. The van der Waals surface area contributed by atoms with Crippen LogP contribution in [0.25, 0.3) is 0 Å². The molecule has 1 aromatic heterocycles. The minimum absolute atomic E-state index is 0.156. The number of nitrogens with zero attached hydrogens (tertiary/aromatic N) is 3. The van der Waals surface area contributed by atoms with E-state index in [2.05, 4.69) is 42.9 Å². The van der Waals surface area contributed by atoms with Crippen molar-refractivity contribution in [3.05, 3.63) is 12.2 Å². The standard InChI is InChI=1S/C13H24N4O/c1-10(7-13(2,3)4)6-12(18)17(5)8-11-14-9-15-16-11/h9-10H,6-8H2,1-5H3,(H,14,15,16). The van der Waals surface area contributed by atoms with E-state index in [1.807, 2.05) is 0 Å². The van der Waals surface area contributed by atoms with Crippen LogP contribution in [0.2, 0.25) is 0 Å². The number of hydrogen-bond acceptors (Lipinski definition) is 3. The lowest BCUT2D eigenvalue weighted by Crippen LogP contribution is -2.28. The van der Waals surface area contributed by atoms with Gasteiger partial charge in [0.2, 0.25) is 5.91 Å². The fourth-order valence-corrected chi connectivity index (χ4v) is 2.19. The first-order chi connectivity index (χ1) is 8.28. The Balaban J connectivity index is 2.40. The number of hydrogen-bond donors (Lipinski definition) is 1. The van der Waals surface area contributed by atoms with E-state index in [1.165, 1.54) is 6.33 Å². The number of nitrogens with one attached hydrogen (secondary N) is 1. The van der Waals surface area contributed by atoms with Crippen LogP contribution in [0.4, 0.5) is 0 Å². The smallest absolute Gasteiger partial charge is 0.222 e. The van der Waals surface area contributed by atoms with Crippen molar-refractivity contribution in [3.8, 4) is 0 Å². The molecule has 1 N–H and O–H groups in total. The first kappa shape index (κ1) is 14.7. The lowest BCUT2D eigenvalue weighted by atomic mass is 9.84. The fraction of sp³-hybridized carbons (Fsp3) is 0.769. The summed E-state index contributed by atoms with van der Waals surface area (Å²) in [5.74, 6) is 1.27. The van der Waals surface area contributed by atoms with Gasteiger partial charge < -0.3 is 4.90 Å². The minimum atomic E-state index is 0.156. The Bertz CT molecular complexity index is 367. The second kappa shape index (κ2) is 5.98. The van der Waals surface area contributed by atoms with Gasteiger partial charge in [0.05, 0.1) is 6.54 Å². The van der Waals surface area contributed by atoms with Crippen LogP contribution in [0.5, 0.6) is 0 Å². The Morgan fingerprint density at radius 2 is 2.17 bits per heavy atom. The Hall–Kier alpha value is -1.39. The van der Waals surface area contributed by atoms with Gasteiger partial charge in [0.15, 0.2) is 0 Å². The van der Waals surface area contributed by atoms with Crippen molar-refractivity contribution in [1.82, 2.24) is 20.1 Å². The molecule has 0 bridgehead atoms. The average molecular weight is 252 g/mol. The molecule has 0 aliphatic rings. The maximum Gasteiger partial charge on any atom is 0.222 e. The summed E-state index contributed by atoms with van der Waals surface area (Å²) in [6.07, 6.45) is 3.09. The molecule has 0 saturated heterocycles. The topological polar surface area (TPSA) is 61.9 Å². The molecule has 1 atom stereocenters. The first-order valence-corrected chi connectivity index (χ1v) is 6.36. The molecule has 1 amide bonds. The molecule has 102 valence electrons. The van der Waals surface area contributed by atoms with Crippen LogP contribution >= 0.6 is 0 Å². The molecule has 0 saturated carbocycles. The average Bonchev–Trinajstić information content (AvgIpc) is 2.66. The van der Waals surface area contributed by atoms with E-state index in [0.29, 0.717) is 24.7 Å². The number of amides is 1. The molecule has 1 rings (SSSR count). The van der Waals surface area contributed by atoms with E-state index in [9.17, 15) is 4.79 Å². The summed E-state index contributed by atoms with van der Waals surface area (Å²) in [4.78, 5) is 17.7. The van der Waals surface area contributed by atoms with Crippen LogP contribution in [0.1, 0.15) is 46.4 Å². The second-order valence-electron chi connectivity index (χ2n) is 6.26. The lowest BCUT2D eigenvalue weighted by Gasteiger charge is -2.24. The highest BCUT2D eigenvalue weighted by atomic mass is 16.2. The van der Waals surface area contributed by atoms with E-state index in [4.69, 9.17) is 0 Å². The van der Waals surface area contributed by atoms with Crippen molar-refractivity contribution in [2.45, 2.75) is 47.1 Å². The highest BCUT2D eigenvalue weighted by molar-refractivity contribution is 5.76. The predicted octanol–water partition coefficient (Wildman–Crippen LogP) is 2.23. The molecular formula is C13H24N4O. The Labute approximate surface area is 109 Å². The summed E-state index contributed by atoms with van der Waals surface area (Å²) in [5.41, 5.74) is 0.267. The molecule has 5 nitrogen and oxygen atoms in total. The summed E-state index contributed by atoms with van der Waals surface area (Å²) in [6.45, 7) is 9.22. The van der Waals surface area contributed by atoms with Crippen molar-refractivity contribution in [2.75, 3.05) is 7.05 Å². The lowest BCUT2D eigenvalue weighted by molar-refractivity contribution is -0.131. The van der Waals surface area contributed by atoms with Gasteiger partial charge in [0, 0.05) is 13.5 Å². The van der Waals surface area contributed by atoms with E-state index < -0.39 is 0 Å². The minimum Gasteiger partial charge on any atom is -0.338 e. The first-order valence-electron chi connectivity index (χ1n) is 6.36. The van der Waals surface area contributed by atoms with Crippen molar-refractivity contribution < 1.29 is 4.79 Å². The number of aromatic nitrogens is 3. The predicted molar refractivity (Wildman–Crippen MR) is 70.7 cm³/mol. The third-order valence-corrected chi connectivity index (χ3v) is 2.76. The van der Waals surface area contributed by atoms with Gasteiger partial charge in [-0.1, -0.05) is 27.7 Å². The molecule has 0 fully saturated rings. The quantitative estimate of drug-likeness (QED) is 0.874. The van der Waals surface area contributed by atoms with Gasteiger partial charge in [-0.15, -0.1) is 0 Å². The van der Waals surface area contributed by atoms with Gasteiger partial charge in [-0.05, 0) is 17.8 Å². The normalized spacial score (nSPS) is 13.4. The molecule has 0 radical (unpaired) electrons. The zero-order valence-corrected chi connectivity index (χ0v) is 12.0. The maximum atomic E-state index is 12.0. The maximum absolute atomic E-state index is 12.0. The van der Waals surface area contributed by atoms with E-state index in [0.717, 1.165) is 6.42 Å². The van der Waals surface area contributed by atoms with Crippen molar-refractivity contribution >= 4 is 5.91 Å². The highest BCUT2D eigenvalue weighted by Gasteiger charge is 2.19. The molecule has 0 aliphatic heterocycles. The summed E-state index contributed by atoms with van der Waals surface area (Å²) in [7, 11) is 1.80. The zero-order valence-electron chi connectivity index (χ0n) is 12.0. The van der Waals surface area contributed by atoms with Gasteiger partial charge in [-0.2, -0.15) is 5.10 Å². The van der Waals surface area contributed by atoms with E-state index in [1.54, 1.807) is 11.9 Å². The van der Waals surface area contributed by atoms with Crippen LogP contribution in [0, 0.1) is 11.3 Å². The van der Waals surface area contributed by atoms with Gasteiger partial charge in [0.1, 0.15) is 12.2 Å². The summed E-state index contributed by atoms with van der Waals surface area (Å²) < 4.78 is 0. The molecule has 0 spiro atoms. The summed E-state index contributed by atoms with van der Waals surface area (Å²) >= 11 is 0. The zero-order chi connectivity index (χ0) is 13.8.